The van der Waals surface area contributed by atoms with Crippen molar-refractivity contribution in [2.24, 2.45) is 0 Å². The third-order valence-corrected chi connectivity index (χ3v) is 9.94. The number of aromatic nitrogens is 5. The molecule has 0 radical (unpaired) electrons. The fourth-order valence-electron chi connectivity index (χ4n) is 7.60. The van der Waals surface area contributed by atoms with E-state index in [1.165, 1.54) is 16.2 Å². The highest BCUT2D eigenvalue weighted by Gasteiger charge is 2.21. The predicted octanol–water partition coefficient (Wildman–Crippen LogP) is 11.6. The number of pyridine rings is 5. The van der Waals surface area contributed by atoms with Gasteiger partial charge in [-0.15, -0.1) is 0 Å². The highest BCUT2D eigenvalue weighted by atomic mass is 14.7. The Bertz CT molecular complexity index is 2940. The molecule has 0 saturated heterocycles. The second-order valence-electron chi connectivity index (χ2n) is 12.9. The Kier molecular flexibility index (Phi) is 7.07. The lowest BCUT2D eigenvalue weighted by molar-refractivity contribution is 1.29. The van der Waals surface area contributed by atoms with Crippen molar-refractivity contribution in [3.8, 4) is 56.2 Å². The fourth-order valence-corrected chi connectivity index (χ4v) is 7.60. The molecular formula is C47H29N5. The number of nitrogens with zero attached hydrogens (tertiary/aromatic N) is 5. The van der Waals surface area contributed by atoms with Crippen LogP contribution in [0.2, 0.25) is 0 Å². The summed E-state index contributed by atoms with van der Waals surface area (Å²) in [5.74, 6) is 0. The zero-order valence-electron chi connectivity index (χ0n) is 28.0. The maximum Gasteiger partial charge on any atom is 0.0722 e. The van der Waals surface area contributed by atoms with Crippen LogP contribution in [-0.4, -0.2) is 24.9 Å². The van der Waals surface area contributed by atoms with Gasteiger partial charge in [-0.1, -0.05) is 66.7 Å². The third-order valence-electron chi connectivity index (χ3n) is 9.94. The van der Waals surface area contributed by atoms with Crippen molar-refractivity contribution in [1.29, 1.82) is 0 Å². The van der Waals surface area contributed by atoms with Gasteiger partial charge in [0.05, 0.1) is 22.8 Å². The maximum absolute atomic E-state index is 5.32. The molecule has 10 aromatic rings. The van der Waals surface area contributed by atoms with Crippen molar-refractivity contribution < 1.29 is 0 Å². The van der Waals surface area contributed by atoms with E-state index in [2.05, 4.69) is 124 Å². The van der Waals surface area contributed by atoms with Crippen LogP contribution in [0.25, 0.3) is 99.2 Å². The quantitative estimate of drug-likeness (QED) is 0.135. The normalized spacial score (nSPS) is 11.5. The van der Waals surface area contributed by atoms with Crippen LogP contribution in [0.1, 0.15) is 0 Å². The van der Waals surface area contributed by atoms with E-state index in [1.54, 1.807) is 0 Å². The molecule has 5 heterocycles. The number of rotatable bonds is 5. The number of hydrogen-bond donors (Lipinski definition) is 0. The van der Waals surface area contributed by atoms with Gasteiger partial charge in [0.15, 0.2) is 0 Å². The van der Waals surface area contributed by atoms with Crippen LogP contribution in [0.15, 0.2) is 177 Å². The lowest BCUT2D eigenvalue weighted by Crippen LogP contribution is -1.96. The van der Waals surface area contributed by atoms with E-state index in [0.717, 1.165) is 83.1 Å². The van der Waals surface area contributed by atoms with E-state index in [0.29, 0.717) is 0 Å². The van der Waals surface area contributed by atoms with Crippen LogP contribution in [0.3, 0.4) is 0 Å². The predicted molar refractivity (Wildman–Crippen MR) is 213 cm³/mol. The minimum absolute atomic E-state index is 0.899. The van der Waals surface area contributed by atoms with Crippen molar-refractivity contribution in [3.05, 3.63) is 177 Å². The van der Waals surface area contributed by atoms with Crippen molar-refractivity contribution in [3.63, 3.8) is 0 Å². The Morgan fingerprint density at radius 1 is 0.308 bits per heavy atom. The zero-order valence-corrected chi connectivity index (χ0v) is 28.0. The zero-order chi connectivity index (χ0) is 34.4. The van der Waals surface area contributed by atoms with Gasteiger partial charge in [-0.25, -0.2) is 9.97 Å². The van der Waals surface area contributed by atoms with Crippen LogP contribution < -0.4 is 0 Å². The number of fused-ring (bicyclic) bond motifs is 5. The second-order valence-corrected chi connectivity index (χ2v) is 12.9. The SMILES string of the molecule is c1cncc(-c2cc3ccccc3c3cc4c(-c5cccc(-c6ccncc6)n5)c5ccccc5c(-c5cccc(-c6ccncc6)n5)c4cc23)c1. The van der Waals surface area contributed by atoms with Crippen LogP contribution in [0.4, 0.5) is 0 Å². The minimum atomic E-state index is 0.899. The lowest BCUT2D eigenvalue weighted by atomic mass is 9.85. The topological polar surface area (TPSA) is 64.5 Å². The highest BCUT2D eigenvalue weighted by Crippen LogP contribution is 2.47. The molecule has 0 aliphatic rings. The Morgan fingerprint density at radius 2 is 0.846 bits per heavy atom. The molecule has 10 rings (SSSR count). The Hall–Kier alpha value is -7.11. The van der Waals surface area contributed by atoms with Gasteiger partial charge in [0, 0.05) is 65.0 Å². The summed E-state index contributed by atoms with van der Waals surface area (Å²) >= 11 is 0. The first-order valence-electron chi connectivity index (χ1n) is 17.3. The summed E-state index contributed by atoms with van der Waals surface area (Å²) < 4.78 is 0. The van der Waals surface area contributed by atoms with Crippen LogP contribution in [0, 0.1) is 0 Å². The lowest BCUT2D eigenvalue weighted by Gasteiger charge is -2.20. The van der Waals surface area contributed by atoms with E-state index < -0.39 is 0 Å². The third kappa shape index (κ3) is 4.98. The summed E-state index contributed by atoms with van der Waals surface area (Å²) in [4.78, 5) is 23.6. The molecule has 0 bridgehead atoms. The molecule has 5 aromatic heterocycles. The van der Waals surface area contributed by atoms with Crippen molar-refractivity contribution in [2.45, 2.75) is 0 Å². The summed E-state index contributed by atoms with van der Waals surface area (Å²) in [7, 11) is 0. The van der Waals surface area contributed by atoms with Gasteiger partial charge in [-0.3, -0.25) is 15.0 Å². The summed E-state index contributed by atoms with van der Waals surface area (Å²) in [6.07, 6.45) is 11.0. The molecule has 0 aliphatic heterocycles. The van der Waals surface area contributed by atoms with E-state index >= 15 is 0 Å². The Labute approximate surface area is 300 Å². The molecule has 0 N–H and O–H groups in total. The molecule has 0 fully saturated rings. The molecule has 5 heteroatoms. The van der Waals surface area contributed by atoms with Crippen molar-refractivity contribution >= 4 is 43.1 Å². The maximum atomic E-state index is 5.32. The molecule has 5 nitrogen and oxygen atoms in total. The van der Waals surface area contributed by atoms with E-state index in [9.17, 15) is 0 Å². The van der Waals surface area contributed by atoms with Gasteiger partial charge in [0.25, 0.3) is 0 Å². The van der Waals surface area contributed by atoms with Crippen LogP contribution >= 0.6 is 0 Å². The summed E-state index contributed by atoms with van der Waals surface area (Å²) in [5, 5.41) is 9.17. The molecule has 5 aromatic carbocycles. The van der Waals surface area contributed by atoms with Crippen molar-refractivity contribution in [2.75, 3.05) is 0 Å². The second kappa shape index (κ2) is 12.3. The Morgan fingerprint density at radius 3 is 1.42 bits per heavy atom. The minimum Gasteiger partial charge on any atom is -0.265 e. The van der Waals surface area contributed by atoms with Gasteiger partial charge in [0.1, 0.15) is 0 Å². The highest BCUT2D eigenvalue weighted by molar-refractivity contribution is 6.26. The standard InChI is InChI=1S/C47H29N5/c1-2-10-34-32(8-1)26-37(33-9-7-21-50-29-33)39-28-41-40(27-38(34)39)46(44-15-5-13-42(51-44)30-17-22-48-23-18-30)35-11-3-4-12-36(35)47(41)45-16-6-14-43(52-45)31-19-24-49-25-20-31/h1-29H. The molecular weight excluding hydrogens is 635 g/mol. The molecule has 0 spiro atoms. The molecule has 0 unspecified atom stereocenters. The van der Waals surface area contributed by atoms with E-state index in [-0.39, 0.29) is 0 Å². The molecule has 0 atom stereocenters. The average Bonchev–Trinajstić information content (AvgIpc) is 3.23. The summed E-state index contributed by atoms with van der Waals surface area (Å²) in [5.41, 5.74) is 10.1. The first kappa shape index (κ1) is 29.8. The van der Waals surface area contributed by atoms with Crippen LogP contribution in [-0.2, 0) is 0 Å². The molecule has 0 saturated carbocycles. The Balaban J connectivity index is 1.38. The van der Waals surface area contributed by atoms with Crippen LogP contribution in [0.5, 0.6) is 0 Å². The fraction of sp³-hybridized carbons (Fsp3) is 0. The average molecular weight is 664 g/mol. The number of benzene rings is 5. The van der Waals surface area contributed by atoms with Gasteiger partial charge in [0.2, 0.25) is 0 Å². The molecule has 0 amide bonds. The summed E-state index contributed by atoms with van der Waals surface area (Å²) in [6, 6.07) is 49.1. The van der Waals surface area contributed by atoms with Gasteiger partial charge in [-0.2, -0.15) is 0 Å². The van der Waals surface area contributed by atoms with Gasteiger partial charge >= 0.3 is 0 Å². The first-order valence-corrected chi connectivity index (χ1v) is 17.3. The van der Waals surface area contributed by atoms with Crippen molar-refractivity contribution in [1.82, 2.24) is 24.9 Å². The van der Waals surface area contributed by atoms with Gasteiger partial charge < -0.3 is 0 Å². The largest absolute Gasteiger partial charge is 0.265 e. The summed E-state index contributed by atoms with van der Waals surface area (Å²) in [6.45, 7) is 0. The van der Waals surface area contributed by atoms with Gasteiger partial charge in [-0.05, 0) is 121 Å². The number of hydrogen-bond acceptors (Lipinski definition) is 5. The van der Waals surface area contributed by atoms with E-state index in [1.807, 2.05) is 67.5 Å². The smallest absolute Gasteiger partial charge is 0.0722 e. The molecule has 242 valence electrons. The molecule has 52 heavy (non-hydrogen) atoms. The molecule has 0 aliphatic carbocycles. The van der Waals surface area contributed by atoms with E-state index in [4.69, 9.17) is 9.97 Å². The monoisotopic (exact) mass is 663 g/mol. The first-order chi connectivity index (χ1) is 25.8.